The average molecular weight is 425 g/mol. The third-order valence-corrected chi connectivity index (χ3v) is 5.49. The van der Waals surface area contributed by atoms with E-state index in [9.17, 15) is 12.8 Å². The Balaban J connectivity index is 1.42. The van der Waals surface area contributed by atoms with E-state index in [0.29, 0.717) is 28.7 Å². The maximum atomic E-state index is 13.0. The van der Waals surface area contributed by atoms with E-state index in [1.54, 1.807) is 24.3 Å². The van der Waals surface area contributed by atoms with E-state index in [-0.39, 0.29) is 11.5 Å². The average Bonchev–Trinajstić information content (AvgIpc) is 3.23. The lowest BCUT2D eigenvalue weighted by atomic mass is 10.2. The molecule has 0 saturated heterocycles. The van der Waals surface area contributed by atoms with Gasteiger partial charge in [0, 0.05) is 11.3 Å². The third kappa shape index (κ3) is 4.64. The minimum absolute atomic E-state index is 0.0331. The molecule has 1 N–H and O–H groups in total. The van der Waals surface area contributed by atoms with Crippen molar-refractivity contribution in [2.45, 2.75) is 11.5 Å². The van der Waals surface area contributed by atoms with Gasteiger partial charge in [0.1, 0.15) is 11.6 Å². The Kier molecular flexibility index (Phi) is 5.44. The highest BCUT2D eigenvalue weighted by Crippen LogP contribution is 2.22. The van der Waals surface area contributed by atoms with E-state index in [0.717, 1.165) is 12.1 Å². The van der Waals surface area contributed by atoms with Gasteiger partial charge in [0.2, 0.25) is 5.82 Å². The molecule has 1 heterocycles. The maximum Gasteiger partial charge on any atom is 0.264 e. The fourth-order valence-corrected chi connectivity index (χ4v) is 3.67. The first kappa shape index (κ1) is 19.6. The third-order valence-electron chi connectivity index (χ3n) is 4.09. The molecule has 0 aliphatic heterocycles. The van der Waals surface area contributed by atoms with Gasteiger partial charge in [0.25, 0.3) is 15.9 Å². The highest BCUT2D eigenvalue weighted by molar-refractivity contribution is 7.92. The van der Waals surface area contributed by atoms with Gasteiger partial charge in [0.05, 0.1) is 4.90 Å². The lowest BCUT2D eigenvalue weighted by molar-refractivity contribution is 0.243. The molecule has 0 atom stereocenters. The molecule has 7 nitrogen and oxygen atoms in total. The lowest BCUT2D eigenvalue weighted by Crippen LogP contribution is -2.12. The summed E-state index contributed by atoms with van der Waals surface area (Å²) in [5.74, 6) is 0.853. The number of aromatic nitrogens is 2. The molecule has 0 aliphatic carbocycles. The predicted molar refractivity (Wildman–Crippen MR) is 108 cm³/mol. The van der Waals surface area contributed by atoms with Gasteiger partial charge in [-0.25, -0.2) is 12.8 Å². The zero-order chi connectivity index (χ0) is 21.0. The topological polar surface area (TPSA) is 94.3 Å². The van der Waals surface area contributed by atoms with Crippen molar-refractivity contribution in [3.63, 3.8) is 0 Å². The monoisotopic (exact) mass is 425 g/mol. The van der Waals surface area contributed by atoms with Crippen LogP contribution in [-0.2, 0) is 16.6 Å². The Morgan fingerprint density at radius 1 is 0.933 bits per heavy atom. The Hall–Kier alpha value is -3.72. The number of halogens is 1. The van der Waals surface area contributed by atoms with Crippen LogP contribution in [0.3, 0.4) is 0 Å². The summed E-state index contributed by atoms with van der Waals surface area (Å²) in [5, 5.41) is 3.92. The lowest BCUT2D eigenvalue weighted by Gasteiger charge is -2.08. The van der Waals surface area contributed by atoms with Crippen molar-refractivity contribution < 1.29 is 22.1 Å². The van der Waals surface area contributed by atoms with E-state index in [4.69, 9.17) is 9.26 Å². The SMILES string of the molecule is O=S(=O)(Nc1ccc(-c2noc(COc3ccccc3)n2)cc1)c1ccc(F)cc1. The number of ether oxygens (including phenoxy) is 1. The van der Waals surface area contributed by atoms with Gasteiger partial charge in [-0.15, -0.1) is 0 Å². The number of nitrogens with one attached hydrogen (secondary N) is 1. The van der Waals surface area contributed by atoms with Crippen molar-refractivity contribution in [3.05, 3.63) is 90.6 Å². The van der Waals surface area contributed by atoms with Gasteiger partial charge in [-0.3, -0.25) is 4.72 Å². The number of benzene rings is 3. The molecule has 0 fully saturated rings. The fourth-order valence-electron chi connectivity index (χ4n) is 2.61. The molecule has 4 aromatic rings. The second-order valence-electron chi connectivity index (χ2n) is 6.25. The summed E-state index contributed by atoms with van der Waals surface area (Å²) in [6.07, 6.45) is 0. The van der Waals surface area contributed by atoms with Crippen molar-refractivity contribution >= 4 is 15.7 Å². The minimum atomic E-state index is -3.82. The van der Waals surface area contributed by atoms with Crippen molar-refractivity contribution in [2.75, 3.05) is 4.72 Å². The smallest absolute Gasteiger partial charge is 0.264 e. The van der Waals surface area contributed by atoms with Crippen molar-refractivity contribution in [2.24, 2.45) is 0 Å². The van der Waals surface area contributed by atoms with Gasteiger partial charge in [-0.05, 0) is 60.7 Å². The summed E-state index contributed by atoms with van der Waals surface area (Å²) >= 11 is 0. The minimum Gasteiger partial charge on any atom is -0.484 e. The molecule has 1 aromatic heterocycles. The zero-order valence-corrected chi connectivity index (χ0v) is 16.3. The number of para-hydroxylation sites is 1. The van der Waals surface area contributed by atoms with Gasteiger partial charge in [-0.1, -0.05) is 23.4 Å². The quantitative estimate of drug-likeness (QED) is 0.476. The van der Waals surface area contributed by atoms with Gasteiger partial charge >= 0.3 is 0 Å². The molecule has 0 bridgehead atoms. The summed E-state index contributed by atoms with van der Waals surface area (Å²) < 4.78 is 50.9. The van der Waals surface area contributed by atoms with Crippen LogP contribution in [0.1, 0.15) is 5.89 Å². The Morgan fingerprint density at radius 3 is 2.33 bits per heavy atom. The van der Waals surface area contributed by atoms with Crippen LogP contribution in [-0.4, -0.2) is 18.6 Å². The number of sulfonamides is 1. The van der Waals surface area contributed by atoms with Crippen LogP contribution in [0.2, 0.25) is 0 Å². The second kappa shape index (κ2) is 8.34. The first-order valence-electron chi connectivity index (χ1n) is 8.89. The van der Waals surface area contributed by atoms with Crippen molar-refractivity contribution in [1.82, 2.24) is 10.1 Å². The summed E-state index contributed by atoms with van der Waals surface area (Å²) in [4.78, 5) is 4.25. The maximum absolute atomic E-state index is 13.0. The van der Waals surface area contributed by atoms with E-state index in [1.165, 1.54) is 12.1 Å². The highest BCUT2D eigenvalue weighted by Gasteiger charge is 2.15. The second-order valence-corrected chi connectivity index (χ2v) is 7.93. The van der Waals surface area contributed by atoms with Crippen LogP contribution >= 0.6 is 0 Å². The van der Waals surface area contributed by atoms with E-state index in [1.807, 2.05) is 30.3 Å². The molecular formula is C21H16FN3O4S. The molecule has 9 heteroatoms. The van der Waals surface area contributed by atoms with E-state index in [2.05, 4.69) is 14.9 Å². The number of rotatable bonds is 7. The molecule has 0 spiro atoms. The Morgan fingerprint density at radius 2 is 1.63 bits per heavy atom. The van der Waals surface area contributed by atoms with Gasteiger partial charge < -0.3 is 9.26 Å². The zero-order valence-electron chi connectivity index (χ0n) is 15.5. The largest absolute Gasteiger partial charge is 0.484 e. The van der Waals surface area contributed by atoms with Crippen LogP contribution < -0.4 is 9.46 Å². The van der Waals surface area contributed by atoms with Crippen LogP contribution in [0, 0.1) is 5.82 Å². The number of anilines is 1. The Labute approximate surface area is 172 Å². The molecule has 0 radical (unpaired) electrons. The van der Waals surface area contributed by atoms with E-state index >= 15 is 0 Å². The Bertz CT molecular complexity index is 1230. The molecule has 0 amide bonds. The summed E-state index contributed by atoms with van der Waals surface area (Å²) in [7, 11) is -3.82. The van der Waals surface area contributed by atoms with Crippen molar-refractivity contribution in [3.8, 4) is 17.1 Å². The molecule has 0 saturated carbocycles. The van der Waals surface area contributed by atoms with Crippen molar-refractivity contribution in [1.29, 1.82) is 0 Å². The molecule has 30 heavy (non-hydrogen) atoms. The number of nitrogens with zero attached hydrogens (tertiary/aromatic N) is 2. The molecule has 0 unspecified atom stereocenters. The highest BCUT2D eigenvalue weighted by atomic mass is 32.2. The first-order valence-corrected chi connectivity index (χ1v) is 10.4. The molecular weight excluding hydrogens is 409 g/mol. The summed E-state index contributed by atoms with van der Waals surface area (Å²) in [5.41, 5.74) is 0.994. The predicted octanol–water partition coefficient (Wildman–Crippen LogP) is 4.26. The fraction of sp³-hybridized carbons (Fsp3) is 0.0476. The molecule has 152 valence electrons. The van der Waals surface area contributed by atoms with Crippen LogP contribution in [0.25, 0.3) is 11.4 Å². The van der Waals surface area contributed by atoms with E-state index < -0.39 is 15.8 Å². The summed E-state index contributed by atoms with van der Waals surface area (Å²) in [6.45, 7) is 0.132. The molecule has 4 rings (SSSR count). The first-order chi connectivity index (χ1) is 14.5. The summed E-state index contributed by atoms with van der Waals surface area (Å²) in [6, 6.07) is 20.3. The standard InChI is InChI=1S/C21H16FN3O4S/c22-16-8-12-19(13-9-16)30(26,27)25-17-10-6-15(7-11-17)21-23-20(29-24-21)14-28-18-4-2-1-3-5-18/h1-13,25H,14H2. The van der Waals surface area contributed by atoms with Crippen LogP contribution in [0.4, 0.5) is 10.1 Å². The number of hydrogen-bond donors (Lipinski definition) is 1. The molecule has 0 aliphatic rings. The number of hydrogen-bond acceptors (Lipinski definition) is 6. The van der Waals surface area contributed by atoms with Gasteiger partial charge in [-0.2, -0.15) is 4.98 Å². The molecule has 3 aromatic carbocycles. The van der Waals surface area contributed by atoms with Gasteiger partial charge in [0.15, 0.2) is 6.61 Å². The van der Waals surface area contributed by atoms with Crippen LogP contribution in [0.15, 0.2) is 88.3 Å². The van der Waals surface area contributed by atoms with Crippen LogP contribution in [0.5, 0.6) is 5.75 Å². The normalized spacial score (nSPS) is 11.2.